The van der Waals surface area contributed by atoms with Gasteiger partial charge in [-0.15, -0.1) is 0 Å². The van der Waals surface area contributed by atoms with Crippen LogP contribution in [0, 0.1) is 0 Å². The van der Waals surface area contributed by atoms with E-state index in [1.54, 1.807) is 6.92 Å². The molecule has 1 nitrogen and oxygen atoms in total. The van der Waals surface area contributed by atoms with Crippen molar-refractivity contribution in [3.63, 3.8) is 0 Å². The van der Waals surface area contributed by atoms with Crippen LogP contribution in [0.15, 0.2) is 0 Å². The fourth-order valence-corrected chi connectivity index (χ4v) is 0.801. The van der Waals surface area contributed by atoms with E-state index in [4.69, 9.17) is 0 Å². The Morgan fingerprint density at radius 2 is 1.80 bits per heavy atom. The summed E-state index contributed by atoms with van der Waals surface area (Å²) in [6, 6.07) is 0. The van der Waals surface area contributed by atoms with Crippen molar-refractivity contribution in [1.82, 2.24) is 0 Å². The van der Waals surface area contributed by atoms with Gasteiger partial charge in [-0.25, -0.2) is 0 Å². The first-order valence-corrected chi connectivity index (χ1v) is 3.76. The van der Waals surface area contributed by atoms with Crippen molar-refractivity contribution < 1.29 is 25.9 Å². The van der Waals surface area contributed by atoms with Crippen LogP contribution in [0.25, 0.3) is 0 Å². The number of hydrogen-bond acceptors (Lipinski definition) is 1. The van der Waals surface area contributed by atoms with E-state index in [1.165, 1.54) is 19.3 Å². The molecule has 0 aliphatic carbocycles. The van der Waals surface area contributed by atoms with Crippen LogP contribution in [0.4, 0.5) is 0 Å². The predicted molar refractivity (Wildman–Crippen MR) is 39.4 cm³/mol. The van der Waals surface area contributed by atoms with Gasteiger partial charge < -0.3 is 4.79 Å². The summed E-state index contributed by atoms with van der Waals surface area (Å²) < 4.78 is 0. The summed E-state index contributed by atoms with van der Waals surface area (Å²) in [5, 5.41) is 0. The number of hydrogen-bond donors (Lipinski definition) is 0. The van der Waals surface area contributed by atoms with Gasteiger partial charge in [0.25, 0.3) is 0 Å². The minimum Gasteiger partial charge on any atom is -0.300 e. The molecule has 2 heteroatoms. The minimum atomic E-state index is 0. The maximum atomic E-state index is 10.4. The second kappa shape index (κ2) is 9.36. The zero-order valence-electron chi connectivity index (χ0n) is 6.76. The van der Waals surface area contributed by atoms with Crippen LogP contribution < -0.4 is 0 Å². The Bertz CT molecular complexity index is 81.3. The van der Waals surface area contributed by atoms with E-state index >= 15 is 0 Å². The van der Waals surface area contributed by atoms with Crippen molar-refractivity contribution >= 4 is 5.78 Å². The molecule has 0 saturated heterocycles. The summed E-state index contributed by atoms with van der Waals surface area (Å²) in [5.41, 5.74) is 0. The molecule has 0 saturated carbocycles. The van der Waals surface area contributed by atoms with Gasteiger partial charge >= 0.3 is 0 Å². The summed E-state index contributed by atoms with van der Waals surface area (Å²) in [6.45, 7) is 3.83. The molecule has 0 bridgehead atoms. The maximum Gasteiger partial charge on any atom is 0.129 e. The van der Waals surface area contributed by atoms with Crippen LogP contribution in [-0.4, -0.2) is 5.78 Å². The second-order valence-electron chi connectivity index (χ2n) is 2.51. The van der Waals surface area contributed by atoms with Crippen molar-refractivity contribution in [3.8, 4) is 0 Å². The molecular weight excluding hydrogens is 307 g/mol. The molecule has 0 aromatic carbocycles. The number of carbonyl (C=O) groups excluding carboxylic acids is 1. The average Bonchev–Trinajstić information content (AvgIpc) is 1.80. The number of rotatable bonds is 5. The molecule has 0 unspecified atom stereocenters. The third-order valence-electron chi connectivity index (χ3n) is 1.38. The van der Waals surface area contributed by atoms with Crippen molar-refractivity contribution in [2.45, 2.75) is 46.0 Å². The standard InChI is InChI=1S/C8H16O.Pt/c1-3-4-5-6-7-8(2)9;/h3-7H2,1-2H3;. The second-order valence-corrected chi connectivity index (χ2v) is 2.51. The first-order chi connectivity index (χ1) is 4.27. The van der Waals surface area contributed by atoms with Crippen molar-refractivity contribution in [2.24, 2.45) is 0 Å². The first kappa shape index (κ1) is 13.0. The van der Waals surface area contributed by atoms with Gasteiger partial charge in [0.05, 0.1) is 0 Å². The summed E-state index contributed by atoms with van der Waals surface area (Å²) in [4.78, 5) is 10.4. The summed E-state index contributed by atoms with van der Waals surface area (Å²) in [5.74, 6) is 0.325. The van der Waals surface area contributed by atoms with Crippen LogP contribution in [0.3, 0.4) is 0 Å². The predicted octanol–water partition coefficient (Wildman–Crippen LogP) is 2.54. The van der Waals surface area contributed by atoms with Gasteiger partial charge in [0.15, 0.2) is 0 Å². The maximum absolute atomic E-state index is 10.4. The Morgan fingerprint density at radius 3 is 2.20 bits per heavy atom. The fourth-order valence-electron chi connectivity index (χ4n) is 0.801. The molecule has 10 heavy (non-hydrogen) atoms. The molecule has 0 radical (unpaired) electrons. The smallest absolute Gasteiger partial charge is 0.129 e. The quantitative estimate of drug-likeness (QED) is 0.711. The van der Waals surface area contributed by atoms with Crippen LogP contribution in [0.1, 0.15) is 46.0 Å². The molecule has 0 atom stereocenters. The molecule has 64 valence electrons. The summed E-state index contributed by atoms with van der Waals surface area (Å²) in [6.07, 6.45) is 5.60. The van der Waals surface area contributed by atoms with E-state index in [0.717, 1.165) is 12.8 Å². The van der Waals surface area contributed by atoms with Crippen LogP contribution in [-0.2, 0) is 25.9 Å². The molecule has 0 aliphatic rings. The van der Waals surface area contributed by atoms with E-state index in [9.17, 15) is 4.79 Å². The largest absolute Gasteiger partial charge is 0.300 e. The number of carbonyl (C=O) groups is 1. The summed E-state index contributed by atoms with van der Waals surface area (Å²) >= 11 is 0. The molecule has 0 rings (SSSR count). The zero-order valence-corrected chi connectivity index (χ0v) is 9.03. The topological polar surface area (TPSA) is 17.1 Å². The molecule has 0 heterocycles. The van der Waals surface area contributed by atoms with Gasteiger partial charge in [0.1, 0.15) is 5.78 Å². The van der Waals surface area contributed by atoms with Crippen LogP contribution in [0.5, 0.6) is 0 Å². The molecule has 0 fully saturated rings. The normalized spacial score (nSPS) is 8.60. The van der Waals surface area contributed by atoms with Gasteiger partial charge in [-0.3, -0.25) is 0 Å². The van der Waals surface area contributed by atoms with Gasteiger partial charge in [0.2, 0.25) is 0 Å². The molecule has 0 N–H and O–H groups in total. The number of Topliss-reactive ketones (excluding diaryl/α,β-unsaturated/α-hetero) is 1. The van der Waals surface area contributed by atoms with Crippen LogP contribution in [0.2, 0.25) is 0 Å². The Balaban J connectivity index is 0. The van der Waals surface area contributed by atoms with Gasteiger partial charge in [-0.05, 0) is 13.3 Å². The molecule has 0 aliphatic heterocycles. The third kappa shape index (κ3) is 11.2. The van der Waals surface area contributed by atoms with E-state index in [2.05, 4.69) is 6.92 Å². The van der Waals surface area contributed by atoms with Crippen molar-refractivity contribution in [2.75, 3.05) is 0 Å². The summed E-state index contributed by atoms with van der Waals surface area (Å²) in [7, 11) is 0. The Morgan fingerprint density at radius 1 is 1.20 bits per heavy atom. The molecule has 0 spiro atoms. The third-order valence-corrected chi connectivity index (χ3v) is 1.38. The Hall–Kier alpha value is 0.358. The number of unbranched alkanes of at least 4 members (excludes halogenated alkanes) is 3. The zero-order chi connectivity index (χ0) is 7.11. The van der Waals surface area contributed by atoms with Gasteiger partial charge in [-0.1, -0.05) is 26.2 Å². The van der Waals surface area contributed by atoms with Crippen molar-refractivity contribution in [3.05, 3.63) is 0 Å². The SMILES string of the molecule is CCCCCCC(C)=O.[Pt]. The van der Waals surface area contributed by atoms with E-state index < -0.39 is 0 Å². The van der Waals surface area contributed by atoms with E-state index in [0.29, 0.717) is 5.78 Å². The Kier molecular flexibility index (Phi) is 12.2. The van der Waals surface area contributed by atoms with Crippen LogP contribution >= 0.6 is 0 Å². The van der Waals surface area contributed by atoms with Gasteiger partial charge in [0, 0.05) is 27.5 Å². The Labute approximate surface area is 77.8 Å². The fraction of sp³-hybridized carbons (Fsp3) is 0.875. The van der Waals surface area contributed by atoms with Crippen molar-refractivity contribution in [1.29, 1.82) is 0 Å². The monoisotopic (exact) mass is 323 g/mol. The average molecular weight is 323 g/mol. The van der Waals surface area contributed by atoms with E-state index in [1.807, 2.05) is 0 Å². The first-order valence-electron chi connectivity index (χ1n) is 3.76. The molecular formula is C8H16OPt. The minimum absolute atomic E-state index is 0. The molecule has 0 aromatic rings. The van der Waals surface area contributed by atoms with Gasteiger partial charge in [-0.2, -0.15) is 0 Å². The molecule has 0 aromatic heterocycles. The molecule has 0 amide bonds. The van der Waals surface area contributed by atoms with E-state index in [-0.39, 0.29) is 21.1 Å². The number of ketones is 1.